The minimum Gasteiger partial charge on any atom is -0.390 e. The molecule has 0 aliphatic heterocycles. The second kappa shape index (κ2) is 6.37. The first-order valence-electron chi connectivity index (χ1n) is 7.15. The van der Waals surface area contributed by atoms with Crippen LogP contribution in [0.5, 0.6) is 0 Å². The third-order valence-corrected chi connectivity index (χ3v) is 3.56. The number of rotatable bonds is 5. The number of hydrogen-bond acceptors (Lipinski definition) is 2. The van der Waals surface area contributed by atoms with Crippen LogP contribution in [0.15, 0.2) is 60.7 Å². The van der Waals surface area contributed by atoms with E-state index in [-0.39, 0.29) is 6.61 Å². The first-order valence-corrected chi connectivity index (χ1v) is 7.15. The van der Waals surface area contributed by atoms with Crippen molar-refractivity contribution in [3.63, 3.8) is 0 Å². The van der Waals surface area contributed by atoms with E-state index in [1.807, 2.05) is 48.5 Å². The maximum atomic E-state index is 9.50. The molecule has 3 nitrogen and oxygen atoms in total. The van der Waals surface area contributed by atoms with E-state index in [4.69, 9.17) is 0 Å². The van der Waals surface area contributed by atoms with Crippen LogP contribution in [0.3, 0.4) is 0 Å². The molecule has 0 unspecified atom stereocenters. The quantitative estimate of drug-likeness (QED) is 0.752. The van der Waals surface area contributed by atoms with Crippen LogP contribution in [0.1, 0.15) is 17.0 Å². The molecule has 106 valence electrons. The van der Waals surface area contributed by atoms with Crippen LogP contribution in [-0.4, -0.2) is 15.1 Å². The van der Waals surface area contributed by atoms with E-state index in [0.29, 0.717) is 0 Å². The summed E-state index contributed by atoms with van der Waals surface area (Å²) >= 11 is 0. The van der Waals surface area contributed by atoms with Crippen LogP contribution in [0.4, 0.5) is 0 Å². The summed E-state index contributed by atoms with van der Waals surface area (Å²) in [6.45, 7) is -0.00996. The molecule has 0 spiro atoms. The van der Waals surface area contributed by atoms with Crippen molar-refractivity contribution in [1.82, 2.24) is 9.97 Å². The van der Waals surface area contributed by atoms with Crippen molar-refractivity contribution in [3.05, 3.63) is 77.6 Å². The Morgan fingerprint density at radius 1 is 0.857 bits per heavy atom. The summed E-state index contributed by atoms with van der Waals surface area (Å²) in [4.78, 5) is 7.87. The van der Waals surface area contributed by atoms with Crippen LogP contribution >= 0.6 is 0 Å². The maximum absolute atomic E-state index is 9.50. The molecule has 1 aromatic heterocycles. The smallest absolute Gasteiger partial charge is 0.137 e. The van der Waals surface area contributed by atoms with Crippen LogP contribution in [0, 0.1) is 0 Å². The third-order valence-electron chi connectivity index (χ3n) is 3.56. The van der Waals surface area contributed by atoms with E-state index in [0.717, 1.165) is 35.6 Å². The molecule has 3 rings (SSSR count). The molecule has 3 aromatic rings. The second-order valence-electron chi connectivity index (χ2n) is 5.02. The Morgan fingerprint density at radius 3 is 2.19 bits per heavy atom. The Morgan fingerprint density at radius 2 is 1.52 bits per heavy atom. The molecule has 0 atom stereocenters. The summed E-state index contributed by atoms with van der Waals surface area (Å²) in [5, 5.41) is 9.50. The Labute approximate surface area is 124 Å². The molecule has 0 aliphatic rings. The Bertz CT molecular complexity index is 690. The monoisotopic (exact) mass is 278 g/mol. The fourth-order valence-corrected chi connectivity index (χ4v) is 2.42. The summed E-state index contributed by atoms with van der Waals surface area (Å²) in [6, 6.07) is 20.3. The number of nitrogens with one attached hydrogen (secondary N) is 1. The van der Waals surface area contributed by atoms with Gasteiger partial charge in [0.05, 0.1) is 18.0 Å². The van der Waals surface area contributed by atoms with Gasteiger partial charge in [-0.3, -0.25) is 0 Å². The average molecular weight is 278 g/mol. The predicted molar refractivity (Wildman–Crippen MR) is 83.8 cm³/mol. The number of aliphatic hydroxyl groups excluding tert-OH is 1. The lowest BCUT2D eigenvalue weighted by atomic mass is 10.1. The van der Waals surface area contributed by atoms with Gasteiger partial charge in [0.15, 0.2) is 0 Å². The van der Waals surface area contributed by atoms with Crippen molar-refractivity contribution >= 4 is 0 Å². The first kappa shape index (κ1) is 13.6. The van der Waals surface area contributed by atoms with Gasteiger partial charge >= 0.3 is 0 Å². The van der Waals surface area contributed by atoms with Crippen molar-refractivity contribution in [2.75, 3.05) is 0 Å². The highest BCUT2D eigenvalue weighted by Crippen LogP contribution is 2.19. The molecule has 1 heterocycles. The normalized spacial score (nSPS) is 10.7. The zero-order valence-electron chi connectivity index (χ0n) is 11.8. The SMILES string of the molecule is OCc1[nH]c(-c2ccccc2)nc1CCc1ccccc1. The van der Waals surface area contributed by atoms with Crippen molar-refractivity contribution in [1.29, 1.82) is 0 Å². The summed E-state index contributed by atoms with van der Waals surface area (Å²) in [5.74, 6) is 0.822. The molecule has 2 N–H and O–H groups in total. The maximum Gasteiger partial charge on any atom is 0.137 e. The van der Waals surface area contributed by atoms with Crippen LogP contribution in [-0.2, 0) is 19.4 Å². The molecule has 0 saturated heterocycles. The molecule has 3 heteroatoms. The van der Waals surface area contributed by atoms with Gasteiger partial charge in [-0.1, -0.05) is 60.7 Å². The summed E-state index contributed by atoms with van der Waals surface area (Å²) < 4.78 is 0. The number of aryl methyl sites for hydroxylation is 2. The number of benzene rings is 2. The van der Waals surface area contributed by atoms with Crippen molar-refractivity contribution < 1.29 is 5.11 Å². The van der Waals surface area contributed by atoms with Gasteiger partial charge < -0.3 is 10.1 Å². The summed E-state index contributed by atoms with van der Waals surface area (Å²) in [7, 11) is 0. The van der Waals surface area contributed by atoms with Crippen LogP contribution < -0.4 is 0 Å². The van der Waals surface area contributed by atoms with E-state index >= 15 is 0 Å². The lowest BCUT2D eigenvalue weighted by Crippen LogP contribution is -1.96. The highest BCUT2D eigenvalue weighted by molar-refractivity contribution is 5.55. The zero-order chi connectivity index (χ0) is 14.5. The van der Waals surface area contributed by atoms with Crippen molar-refractivity contribution in [2.24, 2.45) is 0 Å². The van der Waals surface area contributed by atoms with Crippen LogP contribution in [0.2, 0.25) is 0 Å². The van der Waals surface area contributed by atoms with Crippen molar-refractivity contribution in [2.45, 2.75) is 19.4 Å². The minimum atomic E-state index is -0.00996. The van der Waals surface area contributed by atoms with Gasteiger partial charge in [-0.25, -0.2) is 4.98 Å². The van der Waals surface area contributed by atoms with Gasteiger partial charge in [0.1, 0.15) is 5.82 Å². The van der Waals surface area contributed by atoms with Gasteiger partial charge in [0, 0.05) is 5.56 Å². The minimum absolute atomic E-state index is 0.00996. The van der Waals surface area contributed by atoms with Crippen molar-refractivity contribution in [3.8, 4) is 11.4 Å². The van der Waals surface area contributed by atoms with E-state index in [1.165, 1.54) is 5.56 Å². The lowest BCUT2D eigenvalue weighted by molar-refractivity contribution is 0.276. The van der Waals surface area contributed by atoms with Gasteiger partial charge in [-0.05, 0) is 18.4 Å². The molecule has 0 bridgehead atoms. The Balaban J connectivity index is 1.80. The molecular weight excluding hydrogens is 260 g/mol. The first-order chi connectivity index (χ1) is 10.4. The van der Waals surface area contributed by atoms with E-state index in [1.54, 1.807) is 0 Å². The molecule has 0 amide bonds. The van der Waals surface area contributed by atoms with Crippen LogP contribution in [0.25, 0.3) is 11.4 Å². The highest BCUT2D eigenvalue weighted by Gasteiger charge is 2.10. The fraction of sp³-hybridized carbons (Fsp3) is 0.167. The largest absolute Gasteiger partial charge is 0.390 e. The zero-order valence-corrected chi connectivity index (χ0v) is 11.8. The highest BCUT2D eigenvalue weighted by atomic mass is 16.3. The molecule has 0 saturated carbocycles. The topological polar surface area (TPSA) is 48.9 Å². The molecule has 2 aromatic carbocycles. The number of H-pyrrole nitrogens is 1. The number of nitrogens with zero attached hydrogens (tertiary/aromatic N) is 1. The van der Waals surface area contributed by atoms with Gasteiger partial charge in [0.2, 0.25) is 0 Å². The molecular formula is C18H18N2O. The average Bonchev–Trinajstić information content (AvgIpc) is 2.98. The fourth-order valence-electron chi connectivity index (χ4n) is 2.42. The summed E-state index contributed by atoms with van der Waals surface area (Å²) in [6.07, 6.45) is 1.75. The molecule has 21 heavy (non-hydrogen) atoms. The number of hydrogen-bond donors (Lipinski definition) is 2. The molecule has 0 aliphatic carbocycles. The Hall–Kier alpha value is -2.39. The van der Waals surface area contributed by atoms with Gasteiger partial charge in [-0.2, -0.15) is 0 Å². The van der Waals surface area contributed by atoms with Gasteiger partial charge in [0.25, 0.3) is 0 Å². The number of aliphatic hydroxyl groups is 1. The van der Waals surface area contributed by atoms with E-state index in [9.17, 15) is 5.11 Å². The number of aromatic nitrogens is 2. The summed E-state index contributed by atoms with van der Waals surface area (Å²) in [5.41, 5.74) is 4.08. The standard InChI is InChI=1S/C18H18N2O/c21-13-17-16(12-11-14-7-3-1-4-8-14)19-18(20-17)15-9-5-2-6-10-15/h1-10,21H,11-13H2,(H,19,20). The molecule has 0 radical (unpaired) electrons. The van der Waals surface area contributed by atoms with Gasteiger partial charge in [-0.15, -0.1) is 0 Å². The van der Waals surface area contributed by atoms with E-state index < -0.39 is 0 Å². The molecule has 0 fully saturated rings. The number of aromatic amines is 1. The Kier molecular flexibility index (Phi) is 4.12. The lowest BCUT2D eigenvalue weighted by Gasteiger charge is -2.00. The predicted octanol–water partition coefficient (Wildman–Crippen LogP) is 3.35. The number of imidazole rings is 1. The van der Waals surface area contributed by atoms with E-state index in [2.05, 4.69) is 22.1 Å². The second-order valence-corrected chi connectivity index (χ2v) is 5.02. The third kappa shape index (κ3) is 3.20.